The number of nitrogens with zero attached hydrogens (tertiary/aromatic N) is 2. The number of para-hydroxylation sites is 1. The van der Waals surface area contributed by atoms with Gasteiger partial charge < -0.3 is 19.9 Å². The van der Waals surface area contributed by atoms with E-state index in [0.717, 1.165) is 12.1 Å². The summed E-state index contributed by atoms with van der Waals surface area (Å²) < 4.78 is 44.2. The van der Waals surface area contributed by atoms with Gasteiger partial charge in [0.1, 0.15) is 23.0 Å². The highest BCUT2D eigenvalue weighted by Gasteiger charge is 2.39. The minimum Gasteiger partial charge on any atom is -0.503 e. The molecule has 2 aliphatic heterocycles. The van der Waals surface area contributed by atoms with Crippen molar-refractivity contribution in [3.8, 4) is 5.75 Å². The van der Waals surface area contributed by atoms with E-state index in [-0.39, 0.29) is 23.5 Å². The molecule has 2 aromatic carbocycles. The summed E-state index contributed by atoms with van der Waals surface area (Å²) in [5, 5.41) is 12.9. The summed E-state index contributed by atoms with van der Waals surface area (Å²) in [5.74, 6) is -4.94. The number of halogens is 3. The zero-order valence-electron chi connectivity index (χ0n) is 18.6. The lowest BCUT2D eigenvalue weighted by Crippen LogP contribution is -2.45. The van der Waals surface area contributed by atoms with Crippen molar-refractivity contribution < 1.29 is 27.9 Å². The molecule has 0 spiro atoms. The molecule has 7 nitrogen and oxygen atoms in total. The van der Waals surface area contributed by atoms with Crippen molar-refractivity contribution in [2.24, 2.45) is 0 Å². The van der Waals surface area contributed by atoms with Crippen molar-refractivity contribution in [1.29, 1.82) is 0 Å². The van der Waals surface area contributed by atoms with Crippen LogP contribution in [0.15, 0.2) is 41.3 Å². The van der Waals surface area contributed by atoms with Crippen LogP contribution < -0.4 is 15.6 Å². The normalized spacial score (nSPS) is 16.4. The van der Waals surface area contributed by atoms with Gasteiger partial charge in [0, 0.05) is 24.8 Å². The number of hydrogen-bond donors (Lipinski definition) is 2. The average Bonchev–Trinajstić information content (AvgIpc) is 2.97. The highest BCUT2D eigenvalue weighted by Crippen LogP contribution is 2.38. The van der Waals surface area contributed by atoms with Crippen LogP contribution >= 0.6 is 0 Å². The summed E-state index contributed by atoms with van der Waals surface area (Å²) >= 11 is 0. The Kier molecular flexibility index (Phi) is 5.38. The summed E-state index contributed by atoms with van der Waals surface area (Å²) in [6.07, 6.45) is 2.05. The number of aryl methyl sites for hydroxylation is 2. The van der Waals surface area contributed by atoms with Gasteiger partial charge in [-0.1, -0.05) is 12.1 Å². The predicted octanol–water partition coefficient (Wildman–Crippen LogP) is 3.36. The molecule has 0 saturated carbocycles. The van der Waals surface area contributed by atoms with Crippen LogP contribution in [0.2, 0.25) is 0 Å². The van der Waals surface area contributed by atoms with E-state index in [2.05, 4.69) is 5.32 Å². The predicted molar refractivity (Wildman–Crippen MR) is 120 cm³/mol. The molecule has 35 heavy (non-hydrogen) atoms. The first-order valence-corrected chi connectivity index (χ1v) is 11.0. The van der Waals surface area contributed by atoms with Gasteiger partial charge in [0.15, 0.2) is 11.4 Å². The molecule has 5 rings (SSSR count). The Bertz CT molecular complexity index is 1440. The number of pyridine rings is 1. The van der Waals surface area contributed by atoms with Crippen LogP contribution in [-0.2, 0) is 13.0 Å². The van der Waals surface area contributed by atoms with Crippen LogP contribution in [0.4, 0.5) is 18.9 Å². The molecule has 180 valence electrons. The number of carbonyl (C=O) groups is 2. The summed E-state index contributed by atoms with van der Waals surface area (Å²) in [6.45, 7) is 1.08. The van der Waals surface area contributed by atoms with Crippen LogP contribution in [0.25, 0.3) is 0 Å². The van der Waals surface area contributed by atoms with E-state index in [0.29, 0.717) is 24.0 Å². The third-order valence-electron chi connectivity index (χ3n) is 6.49. The maximum Gasteiger partial charge on any atom is 0.279 e. The Morgan fingerprint density at radius 2 is 1.86 bits per heavy atom. The molecule has 0 radical (unpaired) electrons. The lowest BCUT2D eigenvalue weighted by Gasteiger charge is -2.35. The minimum atomic E-state index is -1.11. The van der Waals surface area contributed by atoms with Crippen molar-refractivity contribution in [3.05, 3.63) is 92.2 Å². The van der Waals surface area contributed by atoms with E-state index in [9.17, 15) is 32.7 Å². The zero-order valence-corrected chi connectivity index (χ0v) is 18.6. The number of carbonyl (C=O) groups excluding carboxylic acids is 2. The molecule has 0 aliphatic carbocycles. The number of anilines is 1. The van der Waals surface area contributed by atoms with Crippen LogP contribution in [0, 0.1) is 24.4 Å². The topological polar surface area (TPSA) is 91.6 Å². The molecular formula is C25H20F3N3O4. The Labute approximate surface area is 197 Å². The molecule has 0 fully saturated rings. The Morgan fingerprint density at radius 3 is 2.57 bits per heavy atom. The first kappa shape index (κ1) is 22.7. The van der Waals surface area contributed by atoms with Gasteiger partial charge in [-0.2, -0.15) is 0 Å². The molecule has 2 aliphatic rings. The number of nitrogens with one attached hydrogen (secondary N) is 1. The van der Waals surface area contributed by atoms with Gasteiger partial charge in [-0.15, -0.1) is 0 Å². The van der Waals surface area contributed by atoms with Gasteiger partial charge in [-0.25, -0.2) is 13.2 Å². The molecule has 1 atom stereocenters. The highest BCUT2D eigenvalue weighted by atomic mass is 19.1. The smallest absolute Gasteiger partial charge is 0.279 e. The molecule has 0 saturated heterocycles. The molecular weight excluding hydrogens is 463 g/mol. The Balaban J connectivity index is 1.51. The number of benzene rings is 2. The second kappa shape index (κ2) is 8.30. The quantitative estimate of drug-likeness (QED) is 0.598. The lowest BCUT2D eigenvalue weighted by atomic mass is 10.0. The van der Waals surface area contributed by atoms with Crippen molar-refractivity contribution >= 4 is 17.5 Å². The Hall–Kier alpha value is -4.08. The molecule has 10 heteroatoms. The average molecular weight is 483 g/mol. The van der Waals surface area contributed by atoms with E-state index in [1.807, 2.05) is 0 Å². The second-order valence-corrected chi connectivity index (χ2v) is 8.72. The van der Waals surface area contributed by atoms with E-state index < -0.39 is 58.6 Å². The lowest BCUT2D eigenvalue weighted by molar-refractivity contribution is 0.0928. The van der Waals surface area contributed by atoms with Gasteiger partial charge in [0.2, 0.25) is 5.43 Å². The maximum absolute atomic E-state index is 14.6. The van der Waals surface area contributed by atoms with E-state index in [1.54, 1.807) is 12.1 Å². The standard InChI is InChI=1S/C25H20F3N3O4/c1-12-7-18(27)15(19(28)8-12)9-29-24(34)16-11-30-14-6-5-13-3-2-4-17(26)20(13)31(10-14)25(35)21(30)23(33)22(16)32/h2-4,7-8,11,14,33H,5-6,9-10H2,1H3,(H,29,34)/t14-/m1/s1. The number of rotatable bonds is 3. The first-order chi connectivity index (χ1) is 16.7. The number of hydrogen-bond acceptors (Lipinski definition) is 4. The van der Waals surface area contributed by atoms with Gasteiger partial charge >= 0.3 is 0 Å². The Morgan fingerprint density at radius 1 is 1.14 bits per heavy atom. The fourth-order valence-corrected chi connectivity index (χ4v) is 4.76. The number of fused-ring (bicyclic) bond motifs is 6. The first-order valence-electron chi connectivity index (χ1n) is 11.0. The van der Waals surface area contributed by atoms with Gasteiger partial charge in [-0.3, -0.25) is 14.4 Å². The van der Waals surface area contributed by atoms with E-state index >= 15 is 0 Å². The molecule has 0 unspecified atom stereocenters. The van der Waals surface area contributed by atoms with E-state index in [4.69, 9.17) is 0 Å². The maximum atomic E-state index is 14.6. The fourth-order valence-electron chi connectivity index (χ4n) is 4.76. The van der Waals surface area contributed by atoms with Crippen LogP contribution in [-0.4, -0.2) is 28.0 Å². The summed E-state index contributed by atoms with van der Waals surface area (Å²) in [6, 6.07) is 6.29. The van der Waals surface area contributed by atoms with Crippen LogP contribution in [0.5, 0.6) is 5.75 Å². The minimum absolute atomic E-state index is 0.0862. The van der Waals surface area contributed by atoms with Crippen molar-refractivity contribution in [2.45, 2.75) is 32.4 Å². The molecule has 2 N–H and O–H groups in total. The van der Waals surface area contributed by atoms with Gasteiger partial charge in [0.25, 0.3) is 11.8 Å². The largest absolute Gasteiger partial charge is 0.503 e. The number of amides is 2. The van der Waals surface area contributed by atoms with Crippen molar-refractivity contribution in [1.82, 2.24) is 9.88 Å². The SMILES string of the molecule is Cc1cc(F)c(CNC(=O)c2cn3c(c(O)c2=O)C(=O)N2C[C@H]3CCc3cccc(F)c32)c(F)c1. The molecule has 2 amide bonds. The van der Waals surface area contributed by atoms with Crippen LogP contribution in [0.3, 0.4) is 0 Å². The van der Waals surface area contributed by atoms with E-state index in [1.165, 1.54) is 28.7 Å². The number of aromatic nitrogens is 1. The third-order valence-corrected chi connectivity index (χ3v) is 6.49. The number of aromatic hydroxyl groups is 1. The van der Waals surface area contributed by atoms with Crippen LogP contribution in [0.1, 0.15) is 50.0 Å². The highest BCUT2D eigenvalue weighted by molar-refractivity contribution is 6.08. The summed E-state index contributed by atoms with van der Waals surface area (Å²) in [4.78, 5) is 40.0. The van der Waals surface area contributed by atoms with Crippen molar-refractivity contribution in [2.75, 3.05) is 11.4 Å². The molecule has 1 aromatic heterocycles. The summed E-state index contributed by atoms with van der Waals surface area (Å²) in [5.41, 5.74) is -1.19. The monoisotopic (exact) mass is 483 g/mol. The second-order valence-electron chi connectivity index (χ2n) is 8.72. The summed E-state index contributed by atoms with van der Waals surface area (Å²) in [7, 11) is 0. The third kappa shape index (κ3) is 3.65. The zero-order chi connectivity index (χ0) is 25.0. The fraction of sp³-hybridized carbons (Fsp3) is 0.240. The molecule has 2 bridgehead atoms. The van der Waals surface area contributed by atoms with Gasteiger partial charge in [-0.05, 0) is 49.1 Å². The molecule has 3 aromatic rings. The van der Waals surface area contributed by atoms with Gasteiger partial charge in [0.05, 0.1) is 11.7 Å². The molecule has 3 heterocycles. The van der Waals surface area contributed by atoms with Crippen molar-refractivity contribution in [3.63, 3.8) is 0 Å².